The molecule has 22 heavy (non-hydrogen) atoms. The monoisotopic (exact) mass is 300 g/mol. The molecule has 1 saturated heterocycles. The van der Waals surface area contributed by atoms with Crippen LogP contribution in [0, 0.1) is 5.92 Å². The van der Waals surface area contributed by atoms with Crippen molar-refractivity contribution in [3.8, 4) is 0 Å². The molecule has 6 heteroatoms. The molecule has 0 bridgehead atoms. The van der Waals surface area contributed by atoms with E-state index in [0.717, 1.165) is 17.8 Å². The van der Waals surface area contributed by atoms with Crippen LogP contribution in [0.1, 0.15) is 36.9 Å². The van der Waals surface area contributed by atoms with E-state index in [1.807, 2.05) is 38.2 Å². The fraction of sp³-hybridized carbons (Fsp3) is 0.438. The normalized spacial score (nSPS) is 22.5. The van der Waals surface area contributed by atoms with Crippen molar-refractivity contribution in [1.29, 1.82) is 0 Å². The van der Waals surface area contributed by atoms with Crippen molar-refractivity contribution in [2.75, 3.05) is 6.61 Å². The van der Waals surface area contributed by atoms with Gasteiger partial charge in [-0.3, -0.25) is 14.5 Å². The molecule has 6 nitrogen and oxygen atoms in total. The van der Waals surface area contributed by atoms with Gasteiger partial charge in [-0.15, -0.1) is 0 Å². The highest BCUT2D eigenvalue weighted by molar-refractivity contribution is 5.80. The zero-order valence-corrected chi connectivity index (χ0v) is 12.8. The number of carbonyl (C=O) groups is 1. The first-order valence-corrected chi connectivity index (χ1v) is 7.47. The third kappa shape index (κ3) is 2.87. The summed E-state index contributed by atoms with van der Waals surface area (Å²) in [5, 5.41) is 7.20. The minimum Gasteiger partial charge on any atom is -0.371 e. The summed E-state index contributed by atoms with van der Waals surface area (Å²) in [6, 6.07) is 7.47. The van der Waals surface area contributed by atoms with Crippen LogP contribution in [-0.2, 0) is 16.6 Å². The first-order valence-electron chi connectivity index (χ1n) is 7.47. The maximum atomic E-state index is 12.6. The standard InChI is InChI=1S/C16H20N4O2/c1-11(13-5-3-4-8-17-13)19-16(21)12-7-10-22-15(12)14-6-9-18-20(14)2/h3-6,8-9,11-12,15H,7,10H2,1-2H3,(H,19,21)/t11-,12-,15-/m1/s1. The molecule has 3 heterocycles. The highest BCUT2D eigenvalue weighted by Gasteiger charge is 2.37. The van der Waals surface area contributed by atoms with Gasteiger partial charge >= 0.3 is 0 Å². The van der Waals surface area contributed by atoms with E-state index in [1.165, 1.54) is 0 Å². The first-order chi connectivity index (χ1) is 10.7. The molecule has 1 aliphatic heterocycles. The number of carbonyl (C=O) groups excluding carboxylic acids is 1. The molecule has 0 saturated carbocycles. The highest BCUT2D eigenvalue weighted by Crippen LogP contribution is 2.34. The van der Waals surface area contributed by atoms with Crippen LogP contribution in [0.2, 0.25) is 0 Å². The first kappa shape index (κ1) is 14.7. The number of hydrogen-bond donors (Lipinski definition) is 1. The Labute approximate surface area is 129 Å². The summed E-state index contributed by atoms with van der Waals surface area (Å²) in [6.07, 6.45) is 3.94. The predicted molar refractivity (Wildman–Crippen MR) is 80.8 cm³/mol. The van der Waals surface area contributed by atoms with E-state index in [4.69, 9.17) is 4.74 Å². The molecule has 0 aliphatic carbocycles. The Balaban J connectivity index is 1.70. The molecule has 0 spiro atoms. The zero-order chi connectivity index (χ0) is 15.5. The smallest absolute Gasteiger partial charge is 0.226 e. The summed E-state index contributed by atoms with van der Waals surface area (Å²) in [4.78, 5) is 16.9. The molecule has 0 aromatic carbocycles. The second kappa shape index (κ2) is 6.27. The molecule has 116 valence electrons. The van der Waals surface area contributed by atoms with Gasteiger partial charge in [-0.1, -0.05) is 6.07 Å². The van der Waals surface area contributed by atoms with Gasteiger partial charge in [0.1, 0.15) is 6.10 Å². The lowest BCUT2D eigenvalue weighted by Crippen LogP contribution is -2.34. The lowest BCUT2D eigenvalue weighted by molar-refractivity contribution is -0.127. The maximum absolute atomic E-state index is 12.6. The maximum Gasteiger partial charge on any atom is 0.226 e. The third-order valence-electron chi connectivity index (χ3n) is 4.07. The van der Waals surface area contributed by atoms with Gasteiger partial charge in [-0.25, -0.2) is 0 Å². The Kier molecular flexibility index (Phi) is 4.20. The Morgan fingerprint density at radius 1 is 1.41 bits per heavy atom. The number of rotatable bonds is 4. The predicted octanol–water partition coefficient (Wildman–Crippen LogP) is 1.77. The summed E-state index contributed by atoms with van der Waals surface area (Å²) in [7, 11) is 1.86. The average molecular weight is 300 g/mol. The summed E-state index contributed by atoms with van der Waals surface area (Å²) in [5.41, 5.74) is 1.79. The summed E-state index contributed by atoms with van der Waals surface area (Å²) in [5.74, 6) is -0.191. The van der Waals surface area contributed by atoms with Crippen molar-refractivity contribution in [1.82, 2.24) is 20.1 Å². The molecular formula is C16H20N4O2. The Hall–Kier alpha value is -2.21. The molecular weight excluding hydrogens is 280 g/mol. The van der Waals surface area contributed by atoms with E-state index in [1.54, 1.807) is 17.1 Å². The van der Waals surface area contributed by atoms with Gasteiger partial charge in [0.15, 0.2) is 0 Å². The van der Waals surface area contributed by atoms with Crippen molar-refractivity contribution in [2.24, 2.45) is 13.0 Å². The number of hydrogen-bond acceptors (Lipinski definition) is 4. The van der Waals surface area contributed by atoms with Crippen molar-refractivity contribution < 1.29 is 9.53 Å². The van der Waals surface area contributed by atoms with Gasteiger partial charge in [0, 0.05) is 26.0 Å². The van der Waals surface area contributed by atoms with Crippen LogP contribution in [0.15, 0.2) is 36.7 Å². The number of nitrogens with one attached hydrogen (secondary N) is 1. The second-order valence-electron chi connectivity index (χ2n) is 5.55. The Morgan fingerprint density at radius 2 is 2.27 bits per heavy atom. The Morgan fingerprint density at radius 3 is 2.95 bits per heavy atom. The summed E-state index contributed by atoms with van der Waals surface area (Å²) < 4.78 is 7.52. The van der Waals surface area contributed by atoms with Gasteiger partial charge in [-0.2, -0.15) is 5.10 Å². The molecule has 0 radical (unpaired) electrons. The lowest BCUT2D eigenvalue weighted by atomic mass is 9.97. The molecule has 1 amide bonds. The van der Waals surface area contributed by atoms with E-state index in [0.29, 0.717) is 6.61 Å². The molecule has 3 rings (SSSR count). The zero-order valence-electron chi connectivity index (χ0n) is 12.8. The van der Waals surface area contributed by atoms with Crippen molar-refractivity contribution in [3.63, 3.8) is 0 Å². The van der Waals surface area contributed by atoms with Gasteiger partial charge in [-0.05, 0) is 31.5 Å². The minimum atomic E-state index is -0.233. The Bertz CT molecular complexity index is 641. The summed E-state index contributed by atoms with van der Waals surface area (Å²) >= 11 is 0. The SMILES string of the molecule is C[C@@H](NC(=O)[C@@H]1CCO[C@H]1c1ccnn1C)c1ccccn1. The largest absolute Gasteiger partial charge is 0.371 e. The molecule has 2 aromatic rings. The van der Waals surface area contributed by atoms with Gasteiger partial charge in [0.2, 0.25) is 5.91 Å². The van der Waals surface area contributed by atoms with E-state index < -0.39 is 0 Å². The number of ether oxygens (including phenoxy) is 1. The molecule has 2 aromatic heterocycles. The third-order valence-corrected chi connectivity index (χ3v) is 4.07. The fourth-order valence-corrected chi connectivity index (χ4v) is 2.84. The number of aromatic nitrogens is 3. The van der Waals surface area contributed by atoms with Crippen LogP contribution in [0.5, 0.6) is 0 Å². The molecule has 1 N–H and O–H groups in total. The van der Waals surface area contributed by atoms with Crippen LogP contribution >= 0.6 is 0 Å². The van der Waals surface area contributed by atoms with Crippen LogP contribution in [0.4, 0.5) is 0 Å². The molecule has 3 atom stereocenters. The van der Waals surface area contributed by atoms with Crippen LogP contribution in [0.3, 0.4) is 0 Å². The number of aryl methyl sites for hydroxylation is 1. The van der Waals surface area contributed by atoms with Gasteiger partial charge in [0.05, 0.1) is 23.3 Å². The van der Waals surface area contributed by atoms with Gasteiger partial charge in [0.25, 0.3) is 0 Å². The second-order valence-corrected chi connectivity index (χ2v) is 5.55. The molecule has 1 aliphatic rings. The van der Waals surface area contributed by atoms with Crippen LogP contribution < -0.4 is 5.32 Å². The topological polar surface area (TPSA) is 69.0 Å². The number of nitrogens with zero attached hydrogens (tertiary/aromatic N) is 3. The fourth-order valence-electron chi connectivity index (χ4n) is 2.84. The van der Waals surface area contributed by atoms with Gasteiger partial charge < -0.3 is 10.1 Å². The van der Waals surface area contributed by atoms with Crippen molar-refractivity contribution in [2.45, 2.75) is 25.5 Å². The molecule has 0 unspecified atom stereocenters. The number of amides is 1. The van der Waals surface area contributed by atoms with Crippen LogP contribution in [0.25, 0.3) is 0 Å². The number of pyridine rings is 1. The van der Waals surface area contributed by atoms with E-state index in [-0.39, 0.29) is 24.0 Å². The lowest BCUT2D eigenvalue weighted by Gasteiger charge is -2.21. The quantitative estimate of drug-likeness (QED) is 0.934. The summed E-state index contributed by atoms with van der Waals surface area (Å²) in [6.45, 7) is 2.53. The van der Waals surface area contributed by atoms with E-state index >= 15 is 0 Å². The highest BCUT2D eigenvalue weighted by atomic mass is 16.5. The van der Waals surface area contributed by atoms with Crippen LogP contribution in [-0.4, -0.2) is 27.3 Å². The minimum absolute atomic E-state index is 0.00172. The van der Waals surface area contributed by atoms with E-state index in [2.05, 4.69) is 15.4 Å². The van der Waals surface area contributed by atoms with Crippen molar-refractivity contribution in [3.05, 3.63) is 48.0 Å². The average Bonchev–Trinajstić information content (AvgIpc) is 3.16. The van der Waals surface area contributed by atoms with E-state index in [9.17, 15) is 4.79 Å². The molecule has 1 fully saturated rings. The van der Waals surface area contributed by atoms with Crippen molar-refractivity contribution >= 4 is 5.91 Å².